The maximum atomic E-state index is 11.7. The zero-order valence-electron chi connectivity index (χ0n) is 11.3. The van der Waals surface area contributed by atoms with E-state index in [4.69, 9.17) is 9.15 Å². The fourth-order valence-electron chi connectivity index (χ4n) is 1.67. The van der Waals surface area contributed by atoms with Crippen LogP contribution < -0.4 is 5.32 Å². The molecule has 0 saturated heterocycles. The summed E-state index contributed by atoms with van der Waals surface area (Å²) in [7, 11) is 0. The molecular formula is C14H16N2O4. The average molecular weight is 276 g/mol. The lowest BCUT2D eigenvalue weighted by Gasteiger charge is -2.07. The Morgan fingerprint density at radius 2 is 2.15 bits per heavy atom. The van der Waals surface area contributed by atoms with Crippen molar-refractivity contribution >= 4 is 12.0 Å². The fraction of sp³-hybridized carbons (Fsp3) is 0.286. The van der Waals surface area contributed by atoms with E-state index in [1.165, 1.54) is 6.92 Å². The molecule has 1 amide bonds. The number of ether oxygens (including phenoxy) is 1. The smallest absolute Gasteiger partial charge is 0.414 e. The van der Waals surface area contributed by atoms with Gasteiger partial charge in [-0.15, -0.1) is 0 Å². The van der Waals surface area contributed by atoms with Crippen molar-refractivity contribution in [1.82, 2.24) is 4.98 Å². The van der Waals surface area contributed by atoms with Crippen molar-refractivity contribution in [1.29, 1.82) is 0 Å². The predicted molar refractivity (Wildman–Crippen MR) is 72.1 cm³/mol. The SMILES string of the molecule is Cc1nc(C(C)O)c(NC(=O)OCc2ccccc2)o1. The molecule has 1 aromatic carbocycles. The average Bonchev–Trinajstić information content (AvgIpc) is 2.79. The Labute approximate surface area is 116 Å². The quantitative estimate of drug-likeness (QED) is 0.897. The van der Waals surface area contributed by atoms with Gasteiger partial charge >= 0.3 is 6.09 Å². The summed E-state index contributed by atoms with van der Waals surface area (Å²) in [5.41, 5.74) is 1.16. The molecule has 2 N–H and O–H groups in total. The molecule has 1 unspecified atom stereocenters. The van der Waals surface area contributed by atoms with Crippen molar-refractivity contribution in [2.45, 2.75) is 26.6 Å². The van der Waals surface area contributed by atoms with E-state index in [-0.39, 0.29) is 18.2 Å². The van der Waals surface area contributed by atoms with Gasteiger partial charge < -0.3 is 14.3 Å². The number of hydrogen-bond acceptors (Lipinski definition) is 5. The van der Waals surface area contributed by atoms with Gasteiger partial charge in [0.05, 0.1) is 6.10 Å². The van der Waals surface area contributed by atoms with Gasteiger partial charge in [0.2, 0.25) is 5.88 Å². The van der Waals surface area contributed by atoms with Gasteiger partial charge in [-0.1, -0.05) is 30.3 Å². The van der Waals surface area contributed by atoms with E-state index in [1.807, 2.05) is 30.3 Å². The summed E-state index contributed by atoms with van der Waals surface area (Å²) in [5.74, 6) is 0.467. The van der Waals surface area contributed by atoms with Crippen molar-refractivity contribution in [3.05, 3.63) is 47.5 Å². The van der Waals surface area contributed by atoms with Gasteiger partial charge in [0.1, 0.15) is 12.3 Å². The van der Waals surface area contributed by atoms with Gasteiger partial charge in [-0.25, -0.2) is 9.78 Å². The maximum absolute atomic E-state index is 11.7. The van der Waals surface area contributed by atoms with Crippen molar-refractivity contribution in [3.63, 3.8) is 0 Å². The number of aryl methyl sites for hydroxylation is 1. The van der Waals surface area contributed by atoms with Crippen molar-refractivity contribution < 1.29 is 19.1 Å². The third kappa shape index (κ3) is 3.58. The first-order valence-electron chi connectivity index (χ1n) is 6.19. The standard InChI is InChI=1S/C14H16N2O4/c1-9(17)12-13(20-10(2)15-12)16-14(18)19-8-11-6-4-3-5-7-11/h3-7,9,17H,8H2,1-2H3,(H,16,18). The molecule has 0 aliphatic carbocycles. The van der Waals surface area contributed by atoms with Crippen LogP contribution in [0, 0.1) is 6.92 Å². The van der Waals surface area contributed by atoms with Crippen LogP contribution >= 0.6 is 0 Å². The summed E-state index contributed by atoms with van der Waals surface area (Å²) in [4.78, 5) is 15.7. The zero-order chi connectivity index (χ0) is 14.5. The summed E-state index contributed by atoms with van der Waals surface area (Å²) >= 11 is 0. The minimum atomic E-state index is -0.836. The molecule has 0 aliphatic heterocycles. The highest BCUT2D eigenvalue weighted by Crippen LogP contribution is 2.23. The number of hydrogen-bond donors (Lipinski definition) is 2. The van der Waals surface area contributed by atoms with Crippen LogP contribution in [0.15, 0.2) is 34.7 Å². The van der Waals surface area contributed by atoms with Crippen molar-refractivity contribution in [3.8, 4) is 0 Å². The molecule has 1 aromatic heterocycles. The molecule has 20 heavy (non-hydrogen) atoms. The van der Waals surface area contributed by atoms with E-state index in [1.54, 1.807) is 6.92 Å². The van der Waals surface area contributed by atoms with E-state index in [0.717, 1.165) is 5.56 Å². The number of anilines is 1. The first-order valence-corrected chi connectivity index (χ1v) is 6.19. The van der Waals surface area contributed by atoms with E-state index in [9.17, 15) is 9.90 Å². The summed E-state index contributed by atoms with van der Waals surface area (Å²) in [5, 5.41) is 12.0. The van der Waals surface area contributed by atoms with Gasteiger partial charge in [-0.05, 0) is 12.5 Å². The number of nitrogens with zero attached hydrogens (tertiary/aromatic N) is 1. The molecule has 0 radical (unpaired) electrons. The highest BCUT2D eigenvalue weighted by molar-refractivity contribution is 5.83. The summed E-state index contributed by atoms with van der Waals surface area (Å²) in [6, 6.07) is 9.32. The van der Waals surface area contributed by atoms with Gasteiger partial charge in [0.25, 0.3) is 0 Å². The largest absolute Gasteiger partial charge is 0.444 e. The van der Waals surface area contributed by atoms with Gasteiger partial charge in [-0.3, -0.25) is 5.32 Å². The molecule has 106 valence electrons. The summed E-state index contributed by atoms with van der Waals surface area (Å²) < 4.78 is 10.3. The molecule has 2 aromatic rings. The van der Waals surface area contributed by atoms with Crippen LogP contribution in [0.25, 0.3) is 0 Å². The number of nitrogens with one attached hydrogen (secondary N) is 1. The van der Waals surface area contributed by atoms with Gasteiger partial charge in [-0.2, -0.15) is 0 Å². The van der Waals surface area contributed by atoms with Crippen molar-refractivity contribution in [2.24, 2.45) is 0 Å². The number of aliphatic hydroxyl groups excluding tert-OH is 1. The third-order valence-corrected chi connectivity index (χ3v) is 2.58. The van der Waals surface area contributed by atoms with Crippen LogP contribution in [0.5, 0.6) is 0 Å². The number of aliphatic hydroxyl groups is 1. The lowest BCUT2D eigenvalue weighted by Crippen LogP contribution is -2.14. The monoisotopic (exact) mass is 276 g/mol. The van der Waals surface area contributed by atoms with Gasteiger partial charge in [0, 0.05) is 6.92 Å². The number of carbonyl (C=O) groups is 1. The predicted octanol–water partition coefficient (Wildman–Crippen LogP) is 2.79. The molecule has 0 fully saturated rings. The number of amides is 1. The lowest BCUT2D eigenvalue weighted by atomic mass is 10.2. The van der Waals surface area contributed by atoms with E-state index < -0.39 is 12.2 Å². The Balaban J connectivity index is 1.95. The topological polar surface area (TPSA) is 84.6 Å². The highest BCUT2D eigenvalue weighted by atomic mass is 16.6. The van der Waals surface area contributed by atoms with E-state index >= 15 is 0 Å². The van der Waals surface area contributed by atoms with Crippen LogP contribution in [0.1, 0.15) is 30.2 Å². The second-order valence-electron chi connectivity index (χ2n) is 4.31. The van der Waals surface area contributed by atoms with Gasteiger partial charge in [0.15, 0.2) is 5.89 Å². The molecule has 0 aliphatic rings. The van der Waals surface area contributed by atoms with E-state index in [0.29, 0.717) is 5.89 Å². The van der Waals surface area contributed by atoms with Crippen LogP contribution in [-0.4, -0.2) is 16.2 Å². The highest BCUT2D eigenvalue weighted by Gasteiger charge is 2.18. The molecule has 0 bridgehead atoms. The molecule has 6 nitrogen and oxygen atoms in total. The molecule has 0 saturated carbocycles. The molecule has 1 heterocycles. The Morgan fingerprint density at radius 1 is 1.45 bits per heavy atom. The summed E-state index contributed by atoms with van der Waals surface area (Å²) in [6.07, 6.45) is -1.50. The van der Waals surface area contributed by atoms with Crippen LogP contribution in [0.4, 0.5) is 10.7 Å². The molecular weight excluding hydrogens is 260 g/mol. The molecule has 1 atom stereocenters. The minimum Gasteiger partial charge on any atom is -0.444 e. The Kier molecular flexibility index (Phi) is 4.37. The Hall–Kier alpha value is -2.34. The molecule has 2 rings (SSSR count). The maximum Gasteiger partial charge on any atom is 0.414 e. The molecule has 0 spiro atoms. The summed E-state index contributed by atoms with van der Waals surface area (Å²) in [6.45, 7) is 3.33. The normalized spacial score (nSPS) is 11.9. The minimum absolute atomic E-state index is 0.107. The van der Waals surface area contributed by atoms with Crippen molar-refractivity contribution in [2.75, 3.05) is 5.32 Å². The fourth-order valence-corrected chi connectivity index (χ4v) is 1.67. The number of aromatic nitrogens is 1. The second kappa shape index (κ2) is 6.21. The lowest BCUT2D eigenvalue weighted by molar-refractivity contribution is 0.154. The van der Waals surface area contributed by atoms with Crippen LogP contribution in [0.3, 0.4) is 0 Å². The third-order valence-electron chi connectivity index (χ3n) is 2.58. The number of rotatable bonds is 4. The molecule has 6 heteroatoms. The number of oxazole rings is 1. The first kappa shape index (κ1) is 14.1. The second-order valence-corrected chi connectivity index (χ2v) is 4.31. The zero-order valence-corrected chi connectivity index (χ0v) is 11.3. The van der Waals surface area contributed by atoms with Crippen LogP contribution in [0.2, 0.25) is 0 Å². The Morgan fingerprint density at radius 3 is 2.80 bits per heavy atom. The van der Waals surface area contributed by atoms with E-state index in [2.05, 4.69) is 10.3 Å². The Bertz CT molecular complexity index is 578. The number of benzene rings is 1. The first-order chi connectivity index (χ1) is 9.56. The number of carbonyl (C=O) groups excluding carboxylic acids is 1. The van der Waals surface area contributed by atoms with Crippen LogP contribution in [-0.2, 0) is 11.3 Å².